The third-order valence-corrected chi connectivity index (χ3v) is 1.40. The lowest BCUT2D eigenvalue weighted by Crippen LogP contribution is -2.26. The Morgan fingerprint density at radius 3 is 2.83 bits per heavy atom. The van der Waals surface area contributed by atoms with Crippen LogP contribution in [0.3, 0.4) is 0 Å². The Balaban J connectivity index is 3.28. The molecule has 5 nitrogen and oxygen atoms in total. The van der Waals surface area contributed by atoms with Gasteiger partial charge in [0.1, 0.15) is 0 Å². The number of alkyl carbamates (subject to hydrolysis) is 1. The molecule has 0 spiro atoms. The average molecular weight is 194 g/mol. The first-order valence-corrected chi connectivity index (χ1v) is 4.87. The van der Waals surface area contributed by atoms with Crippen molar-refractivity contribution in [2.45, 2.75) is 19.8 Å². The molecule has 1 N–H and O–H groups in total. The van der Waals surface area contributed by atoms with Crippen molar-refractivity contribution in [3.05, 3.63) is 0 Å². The second-order valence-electron chi connectivity index (χ2n) is 2.13. The number of ether oxygens (including phenoxy) is 1. The standard InChI is InChI=1S/C6H13NO4S/c1-2-3-4-7-6(8)11-5-12(9)10/h2-5H2,1H3,(H,7,8)(H,9,10)/p-1. The van der Waals surface area contributed by atoms with Crippen LogP contribution >= 0.6 is 0 Å². The minimum absolute atomic E-state index is 0.515. The molecule has 0 aromatic rings. The van der Waals surface area contributed by atoms with Crippen molar-refractivity contribution >= 4 is 17.2 Å². The predicted molar refractivity (Wildman–Crippen MR) is 43.2 cm³/mol. The fourth-order valence-corrected chi connectivity index (χ4v) is 0.723. The van der Waals surface area contributed by atoms with E-state index in [0.717, 1.165) is 12.8 Å². The average Bonchev–Trinajstić information content (AvgIpc) is 2.01. The molecular weight excluding hydrogens is 182 g/mol. The van der Waals surface area contributed by atoms with Crippen LogP contribution in [-0.4, -0.2) is 27.3 Å². The zero-order valence-corrected chi connectivity index (χ0v) is 7.69. The van der Waals surface area contributed by atoms with Crippen LogP contribution in [0.25, 0.3) is 0 Å². The molecule has 0 heterocycles. The van der Waals surface area contributed by atoms with E-state index in [2.05, 4.69) is 10.1 Å². The van der Waals surface area contributed by atoms with Gasteiger partial charge in [-0.05, 0) is 17.5 Å². The molecule has 0 aliphatic rings. The van der Waals surface area contributed by atoms with Crippen LogP contribution in [0.15, 0.2) is 0 Å². The van der Waals surface area contributed by atoms with Crippen LogP contribution in [0.1, 0.15) is 19.8 Å². The SMILES string of the molecule is CCCCNC(=O)OCS(=O)[O-]. The fraction of sp³-hybridized carbons (Fsp3) is 0.833. The summed E-state index contributed by atoms with van der Waals surface area (Å²) < 4.78 is 24.1. The normalized spacial score (nSPS) is 12.2. The van der Waals surface area contributed by atoms with Gasteiger partial charge in [-0.1, -0.05) is 13.3 Å². The Morgan fingerprint density at radius 1 is 1.67 bits per heavy atom. The lowest BCUT2D eigenvalue weighted by Gasteiger charge is -2.07. The molecule has 12 heavy (non-hydrogen) atoms. The second-order valence-corrected chi connectivity index (χ2v) is 2.98. The Bertz CT molecular complexity index is 162. The van der Waals surface area contributed by atoms with Gasteiger partial charge < -0.3 is 14.6 Å². The first-order valence-electron chi connectivity index (χ1n) is 3.63. The highest BCUT2D eigenvalue weighted by Gasteiger charge is 1.98. The van der Waals surface area contributed by atoms with Crippen molar-refractivity contribution < 1.29 is 18.3 Å². The predicted octanol–water partition coefficient (Wildman–Crippen LogP) is 0.349. The summed E-state index contributed by atoms with van der Waals surface area (Å²) in [6, 6.07) is 0. The lowest BCUT2D eigenvalue weighted by molar-refractivity contribution is 0.163. The van der Waals surface area contributed by atoms with Crippen LogP contribution in [0.2, 0.25) is 0 Å². The molecule has 0 radical (unpaired) electrons. The largest absolute Gasteiger partial charge is 0.770 e. The summed E-state index contributed by atoms with van der Waals surface area (Å²) in [6.45, 7) is 2.50. The molecule has 0 saturated heterocycles. The highest BCUT2D eigenvalue weighted by molar-refractivity contribution is 7.78. The minimum atomic E-state index is -2.33. The summed E-state index contributed by atoms with van der Waals surface area (Å²) in [5, 5.41) is 2.40. The van der Waals surface area contributed by atoms with Gasteiger partial charge >= 0.3 is 6.09 Å². The highest BCUT2D eigenvalue weighted by atomic mass is 32.2. The van der Waals surface area contributed by atoms with E-state index < -0.39 is 23.1 Å². The number of carbonyl (C=O) groups excluding carboxylic acids is 1. The van der Waals surface area contributed by atoms with Gasteiger partial charge in [-0.2, -0.15) is 0 Å². The maximum absolute atomic E-state index is 10.6. The molecule has 0 rings (SSSR count). The molecule has 0 bridgehead atoms. The van der Waals surface area contributed by atoms with Crippen molar-refractivity contribution in [2.24, 2.45) is 0 Å². The molecule has 72 valence electrons. The minimum Gasteiger partial charge on any atom is -0.770 e. The van der Waals surface area contributed by atoms with Crippen molar-refractivity contribution in [1.82, 2.24) is 5.32 Å². The van der Waals surface area contributed by atoms with E-state index in [0.29, 0.717) is 6.54 Å². The van der Waals surface area contributed by atoms with Gasteiger partial charge in [0.15, 0.2) is 5.94 Å². The summed E-state index contributed by atoms with van der Waals surface area (Å²) in [6.07, 6.45) is 1.14. The summed E-state index contributed by atoms with van der Waals surface area (Å²) in [5.41, 5.74) is 0. The number of hydrogen-bond acceptors (Lipinski definition) is 4. The molecule has 1 atom stereocenters. The molecule has 1 amide bonds. The third kappa shape index (κ3) is 7.49. The smallest absolute Gasteiger partial charge is 0.408 e. The zero-order valence-electron chi connectivity index (χ0n) is 6.87. The Labute approximate surface area is 73.8 Å². The van der Waals surface area contributed by atoms with Gasteiger partial charge in [-0.25, -0.2) is 4.79 Å². The zero-order chi connectivity index (χ0) is 9.40. The van der Waals surface area contributed by atoms with E-state index in [-0.39, 0.29) is 0 Å². The number of amides is 1. The molecule has 6 heteroatoms. The molecule has 0 aromatic carbocycles. The van der Waals surface area contributed by atoms with Gasteiger partial charge in [0.05, 0.1) is 0 Å². The van der Waals surface area contributed by atoms with Gasteiger partial charge in [0.2, 0.25) is 0 Å². The lowest BCUT2D eigenvalue weighted by atomic mass is 10.3. The van der Waals surface area contributed by atoms with Crippen LogP contribution in [-0.2, 0) is 15.8 Å². The highest BCUT2D eigenvalue weighted by Crippen LogP contribution is 1.85. The fourth-order valence-electron chi connectivity index (χ4n) is 0.520. The molecule has 0 aliphatic carbocycles. The molecule has 0 fully saturated rings. The van der Waals surface area contributed by atoms with E-state index in [1.807, 2.05) is 6.92 Å². The van der Waals surface area contributed by atoms with Gasteiger partial charge in [0, 0.05) is 6.54 Å². The summed E-state index contributed by atoms with van der Waals surface area (Å²) >= 11 is -2.33. The van der Waals surface area contributed by atoms with Crippen LogP contribution < -0.4 is 5.32 Å². The molecule has 0 saturated carbocycles. The topological polar surface area (TPSA) is 78.5 Å². The first-order chi connectivity index (χ1) is 5.66. The summed E-state index contributed by atoms with van der Waals surface area (Å²) in [7, 11) is 0. The molecule has 0 aromatic heterocycles. The maximum atomic E-state index is 10.6. The van der Waals surface area contributed by atoms with E-state index in [1.165, 1.54) is 0 Å². The van der Waals surface area contributed by atoms with Crippen molar-refractivity contribution in [3.63, 3.8) is 0 Å². The number of rotatable bonds is 5. The van der Waals surface area contributed by atoms with Gasteiger partial charge in [-0.3, -0.25) is 4.21 Å². The summed E-state index contributed by atoms with van der Waals surface area (Å²) in [4.78, 5) is 10.6. The van der Waals surface area contributed by atoms with Gasteiger partial charge in [0.25, 0.3) is 0 Å². The number of hydrogen-bond donors (Lipinski definition) is 1. The van der Waals surface area contributed by atoms with Crippen molar-refractivity contribution in [1.29, 1.82) is 0 Å². The number of carbonyl (C=O) groups is 1. The Kier molecular flexibility index (Phi) is 6.69. The monoisotopic (exact) mass is 194 g/mol. The number of unbranched alkanes of at least 4 members (excludes halogenated alkanes) is 1. The molecule has 1 unspecified atom stereocenters. The maximum Gasteiger partial charge on any atom is 0.408 e. The van der Waals surface area contributed by atoms with Crippen molar-refractivity contribution in [3.8, 4) is 0 Å². The van der Waals surface area contributed by atoms with Crippen LogP contribution in [0.5, 0.6) is 0 Å². The first kappa shape index (κ1) is 11.4. The van der Waals surface area contributed by atoms with E-state index in [4.69, 9.17) is 0 Å². The second kappa shape index (κ2) is 7.05. The van der Waals surface area contributed by atoms with E-state index in [9.17, 15) is 13.6 Å². The number of nitrogens with one attached hydrogen (secondary N) is 1. The summed E-state index contributed by atoms with van der Waals surface area (Å²) in [5.74, 6) is -0.585. The Hall–Kier alpha value is -0.620. The van der Waals surface area contributed by atoms with Crippen molar-refractivity contribution in [2.75, 3.05) is 12.5 Å². The van der Waals surface area contributed by atoms with E-state index >= 15 is 0 Å². The molecule has 0 aliphatic heterocycles. The molecular formula is C6H12NO4S-. The Morgan fingerprint density at radius 2 is 2.33 bits per heavy atom. The van der Waals surface area contributed by atoms with Crippen LogP contribution in [0.4, 0.5) is 4.79 Å². The van der Waals surface area contributed by atoms with Crippen LogP contribution in [0, 0.1) is 0 Å². The third-order valence-electron chi connectivity index (χ3n) is 1.09. The van der Waals surface area contributed by atoms with Gasteiger partial charge in [-0.15, -0.1) is 0 Å². The quantitative estimate of drug-likeness (QED) is 0.506. The van der Waals surface area contributed by atoms with E-state index in [1.54, 1.807) is 0 Å².